The topological polar surface area (TPSA) is 26.3 Å². The lowest BCUT2D eigenvalue weighted by molar-refractivity contribution is -0.453. The normalized spacial score (nSPS) is 18.7. The van der Waals surface area contributed by atoms with Crippen LogP contribution in [-0.4, -0.2) is 17.5 Å². The van der Waals surface area contributed by atoms with E-state index < -0.39 is 0 Å². The second-order valence-corrected chi connectivity index (χ2v) is 1.79. The van der Waals surface area contributed by atoms with Crippen LogP contribution in [0.4, 0.5) is 0 Å². The van der Waals surface area contributed by atoms with Crippen molar-refractivity contribution in [1.82, 2.24) is 0 Å². The Morgan fingerprint density at radius 3 is 3.00 bits per heavy atom. The molecule has 0 radical (unpaired) electrons. The van der Waals surface area contributed by atoms with Crippen LogP contribution < -0.4 is 5.10 Å². The van der Waals surface area contributed by atoms with E-state index >= 15 is 0 Å². The highest BCUT2D eigenvalue weighted by Crippen LogP contribution is 1.86. The number of rotatable bonds is 0. The summed E-state index contributed by atoms with van der Waals surface area (Å²) in [7, 11) is 0. The molecule has 0 spiro atoms. The maximum absolute atomic E-state index is 3.73. The predicted molar refractivity (Wildman–Crippen MR) is 28.0 cm³/mol. The predicted octanol–water partition coefficient (Wildman–Crippen LogP) is -1.17. The van der Waals surface area contributed by atoms with Crippen LogP contribution >= 0.6 is 11.8 Å². The Labute approximate surface area is 40.3 Å². The SMILES string of the molecule is C1=N[NH+]=CSC1. The molecule has 0 atom stereocenters. The molecule has 0 saturated heterocycles. The van der Waals surface area contributed by atoms with E-state index in [2.05, 4.69) is 10.2 Å². The van der Waals surface area contributed by atoms with Crippen LogP contribution in [0.1, 0.15) is 0 Å². The van der Waals surface area contributed by atoms with Crippen LogP contribution in [0.15, 0.2) is 5.10 Å². The molecule has 2 nitrogen and oxygen atoms in total. The van der Waals surface area contributed by atoms with Crippen molar-refractivity contribution in [1.29, 1.82) is 0 Å². The molecule has 0 amide bonds. The van der Waals surface area contributed by atoms with E-state index in [4.69, 9.17) is 0 Å². The van der Waals surface area contributed by atoms with E-state index in [1.54, 1.807) is 11.8 Å². The number of hydrogen-bond acceptors (Lipinski definition) is 2. The fourth-order valence-electron chi connectivity index (χ4n) is 0.249. The third kappa shape index (κ3) is 0.825. The molecule has 1 N–H and O–H groups in total. The van der Waals surface area contributed by atoms with Gasteiger partial charge in [0.15, 0.2) is 0 Å². The number of thioether (sulfide) groups is 1. The van der Waals surface area contributed by atoms with Gasteiger partial charge in [0, 0.05) is 5.75 Å². The summed E-state index contributed by atoms with van der Waals surface area (Å²) in [5, 5.41) is 6.42. The monoisotopic (exact) mass is 101 g/mol. The summed E-state index contributed by atoms with van der Waals surface area (Å²) in [4.78, 5) is 0. The van der Waals surface area contributed by atoms with Gasteiger partial charge in [-0.1, -0.05) is 11.8 Å². The fourth-order valence-corrected chi connectivity index (χ4v) is 0.641. The Balaban J connectivity index is 2.46. The molecule has 1 aliphatic heterocycles. The van der Waals surface area contributed by atoms with Gasteiger partial charge in [0.25, 0.3) is 0 Å². The van der Waals surface area contributed by atoms with E-state index in [0.29, 0.717) is 0 Å². The zero-order valence-electron chi connectivity index (χ0n) is 3.22. The lowest BCUT2D eigenvalue weighted by Gasteiger charge is -1.79. The Morgan fingerprint density at radius 2 is 2.83 bits per heavy atom. The lowest BCUT2D eigenvalue weighted by atomic mass is 10.9. The van der Waals surface area contributed by atoms with E-state index in [9.17, 15) is 0 Å². The fraction of sp³-hybridized carbons (Fsp3) is 0.333. The lowest BCUT2D eigenvalue weighted by Crippen LogP contribution is -2.61. The quantitative estimate of drug-likeness (QED) is 0.409. The van der Waals surface area contributed by atoms with Gasteiger partial charge in [-0.3, -0.25) is 0 Å². The molecule has 0 unspecified atom stereocenters. The van der Waals surface area contributed by atoms with Gasteiger partial charge in [-0.15, -0.1) is 5.10 Å². The van der Waals surface area contributed by atoms with Crippen molar-refractivity contribution in [3.8, 4) is 0 Å². The molecule has 1 aliphatic rings. The highest BCUT2D eigenvalue weighted by atomic mass is 32.2. The maximum Gasteiger partial charge on any atom is 0.228 e. The first kappa shape index (κ1) is 3.87. The summed E-state index contributed by atoms with van der Waals surface area (Å²) in [6.07, 6.45) is 1.84. The first-order valence-corrected chi connectivity index (χ1v) is 2.75. The minimum absolute atomic E-state index is 1.01. The van der Waals surface area contributed by atoms with Crippen LogP contribution in [0.2, 0.25) is 0 Å². The molecule has 0 aromatic carbocycles. The van der Waals surface area contributed by atoms with Gasteiger partial charge in [0.1, 0.15) is 0 Å². The second-order valence-electron chi connectivity index (χ2n) is 0.892. The molecule has 0 bridgehead atoms. The van der Waals surface area contributed by atoms with Crippen molar-refractivity contribution in [2.24, 2.45) is 5.10 Å². The van der Waals surface area contributed by atoms with Gasteiger partial charge in [-0.2, -0.15) is 0 Å². The second kappa shape index (κ2) is 1.97. The Bertz CT molecular complexity index is 74.8. The summed E-state index contributed by atoms with van der Waals surface area (Å²) in [5.74, 6) is 1.01. The minimum atomic E-state index is 1.01. The summed E-state index contributed by atoms with van der Waals surface area (Å²) in [6, 6.07) is 0. The average molecular weight is 101 g/mol. The number of hydrogen-bond donors (Lipinski definition) is 1. The molecule has 32 valence electrons. The first-order valence-electron chi connectivity index (χ1n) is 1.70. The van der Waals surface area contributed by atoms with Gasteiger partial charge >= 0.3 is 0 Å². The maximum atomic E-state index is 3.73. The van der Waals surface area contributed by atoms with Gasteiger partial charge in [-0.05, 0) is 5.10 Å². The van der Waals surface area contributed by atoms with E-state index in [1.165, 1.54) is 0 Å². The highest BCUT2D eigenvalue weighted by molar-refractivity contribution is 8.12. The van der Waals surface area contributed by atoms with Gasteiger partial charge in [0.05, 0.1) is 6.21 Å². The van der Waals surface area contributed by atoms with Crippen LogP contribution in [0.25, 0.3) is 0 Å². The molecule has 1 rings (SSSR count). The third-order valence-electron chi connectivity index (χ3n) is 0.473. The largest absolute Gasteiger partial charge is 0.228 e. The molecule has 0 saturated carbocycles. The Hall–Kier alpha value is -0.310. The zero-order chi connectivity index (χ0) is 4.24. The molecule has 1 heterocycles. The van der Waals surface area contributed by atoms with Crippen LogP contribution in [0.5, 0.6) is 0 Å². The van der Waals surface area contributed by atoms with Gasteiger partial charge < -0.3 is 0 Å². The number of nitrogens with zero attached hydrogens (tertiary/aromatic N) is 1. The molecule has 3 heteroatoms. The van der Waals surface area contributed by atoms with E-state index in [1.807, 2.05) is 11.8 Å². The Morgan fingerprint density at radius 1 is 1.83 bits per heavy atom. The van der Waals surface area contributed by atoms with Crippen LogP contribution in [0, 0.1) is 0 Å². The molecular weight excluding hydrogens is 96.1 g/mol. The van der Waals surface area contributed by atoms with Crippen molar-refractivity contribution in [2.45, 2.75) is 0 Å². The number of hydrazone groups is 1. The summed E-state index contributed by atoms with van der Waals surface area (Å²) in [5.41, 5.74) is 1.86. The smallest absolute Gasteiger partial charge is 0.101 e. The molecule has 0 fully saturated rings. The van der Waals surface area contributed by atoms with Crippen molar-refractivity contribution >= 4 is 23.5 Å². The molecule has 0 aliphatic carbocycles. The standard InChI is InChI=1S/C3H4N2S/c1-2-6-3-5-4-1/h1,3H,2H2/p+1. The van der Waals surface area contributed by atoms with Crippen molar-refractivity contribution in [3.63, 3.8) is 0 Å². The average Bonchev–Trinajstić information content (AvgIpc) is 1.72. The molecule has 6 heavy (non-hydrogen) atoms. The summed E-state index contributed by atoms with van der Waals surface area (Å²) < 4.78 is 0. The highest BCUT2D eigenvalue weighted by Gasteiger charge is 1.86. The molecule has 0 aromatic rings. The minimum Gasteiger partial charge on any atom is -0.101 e. The van der Waals surface area contributed by atoms with Crippen molar-refractivity contribution in [3.05, 3.63) is 0 Å². The van der Waals surface area contributed by atoms with Crippen molar-refractivity contribution in [2.75, 3.05) is 5.75 Å². The van der Waals surface area contributed by atoms with E-state index in [-0.39, 0.29) is 0 Å². The third-order valence-corrected chi connectivity index (χ3v) is 1.09. The first-order chi connectivity index (χ1) is 3.00. The Kier molecular flexibility index (Phi) is 1.27. The molecular formula is C3H5N2S+. The molecule has 0 aromatic heterocycles. The van der Waals surface area contributed by atoms with E-state index in [0.717, 1.165) is 5.75 Å². The van der Waals surface area contributed by atoms with Gasteiger partial charge in [0.2, 0.25) is 5.55 Å². The zero-order valence-corrected chi connectivity index (χ0v) is 4.03. The number of nitrogens with one attached hydrogen (secondary N) is 1. The summed E-state index contributed by atoms with van der Waals surface area (Å²) in [6.45, 7) is 0. The van der Waals surface area contributed by atoms with Crippen LogP contribution in [-0.2, 0) is 0 Å². The van der Waals surface area contributed by atoms with Crippen molar-refractivity contribution < 1.29 is 5.10 Å². The van der Waals surface area contributed by atoms with Gasteiger partial charge in [-0.25, -0.2) is 0 Å². The summed E-state index contributed by atoms with van der Waals surface area (Å²) >= 11 is 1.71. The van der Waals surface area contributed by atoms with Crippen LogP contribution in [0.3, 0.4) is 0 Å².